The number of carbonyl (C=O) groups excluding carboxylic acids is 1. The lowest BCUT2D eigenvalue weighted by atomic mass is 9.98. The Balaban J connectivity index is 1.51. The molecule has 0 spiro atoms. The first kappa shape index (κ1) is 19.3. The van der Waals surface area contributed by atoms with Crippen LogP contribution in [-0.2, 0) is 9.53 Å². The van der Waals surface area contributed by atoms with Gasteiger partial charge >= 0.3 is 12.1 Å². The SMILES string of the molecule is [N-]=[N+]=N[C@H](CCCNC(=O)OCC1c2ccccc2-c2ccccc21)C(=O)O. The molecule has 1 atom stereocenters. The number of fused-ring (bicyclic) bond motifs is 3. The quantitative estimate of drug-likeness (QED) is 0.310. The summed E-state index contributed by atoms with van der Waals surface area (Å²) in [6.07, 6.45) is -0.0546. The van der Waals surface area contributed by atoms with Crippen LogP contribution in [0.1, 0.15) is 29.9 Å². The molecule has 28 heavy (non-hydrogen) atoms. The lowest BCUT2D eigenvalue weighted by Crippen LogP contribution is -2.28. The first-order chi connectivity index (χ1) is 13.6. The van der Waals surface area contributed by atoms with Crippen molar-refractivity contribution >= 4 is 12.1 Å². The monoisotopic (exact) mass is 380 g/mol. The molecule has 0 heterocycles. The number of carboxylic acids is 1. The summed E-state index contributed by atoms with van der Waals surface area (Å²) in [4.78, 5) is 25.4. The van der Waals surface area contributed by atoms with Crippen LogP contribution in [-0.4, -0.2) is 36.4 Å². The smallest absolute Gasteiger partial charge is 0.407 e. The number of carbonyl (C=O) groups is 2. The van der Waals surface area contributed by atoms with E-state index in [9.17, 15) is 9.59 Å². The van der Waals surface area contributed by atoms with Gasteiger partial charge in [-0.1, -0.05) is 53.6 Å². The van der Waals surface area contributed by atoms with E-state index in [1.165, 1.54) is 0 Å². The number of hydrogen-bond donors (Lipinski definition) is 2. The highest BCUT2D eigenvalue weighted by Gasteiger charge is 2.28. The number of benzene rings is 2. The molecule has 1 aliphatic carbocycles. The summed E-state index contributed by atoms with van der Waals surface area (Å²) in [6.45, 7) is 0.456. The third-order valence-electron chi connectivity index (χ3n) is 4.74. The van der Waals surface area contributed by atoms with Crippen molar-refractivity contribution in [2.24, 2.45) is 5.11 Å². The Morgan fingerprint density at radius 3 is 2.32 bits per heavy atom. The van der Waals surface area contributed by atoms with Crippen molar-refractivity contribution in [2.45, 2.75) is 24.8 Å². The Hall–Kier alpha value is -3.51. The van der Waals surface area contributed by atoms with E-state index in [0.717, 1.165) is 22.3 Å². The number of alkyl carbamates (subject to hydrolysis) is 1. The van der Waals surface area contributed by atoms with E-state index in [1.807, 2.05) is 36.4 Å². The first-order valence-electron chi connectivity index (χ1n) is 8.97. The van der Waals surface area contributed by atoms with Gasteiger partial charge in [0.25, 0.3) is 0 Å². The molecule has 0 radical (unpaired) electrons. The fourth-order valence-electron chi connectivity index (χ4n) is 3.43. The molecule has 144 valence electrons. The molecule has 0 unspecified atom stereocenters. The molecular formula is C20H20N4O4. The van der Waals surface area contributed by atoms with Gasteiger partial charge in [-0.2, -0.15) is 0 Å². The van der Waals surface area contributed by atoms with E-state index in [-0.39, 0.29) is 25.5 Å². The number of aliphatic carboxylic acids is 1. The Morgan fingerprint density at radius 2 is 1.75 bits per heavy atom. The Bertz CT molecular complexity index is 876. The van der Waals surface area contributed by atoms with Crippen LogP contribution in [0.4, 0.5) is 4.79 Å². The van der Waals surface area contributed by atoms with Gasteiger partial charge in [-0.05, 0) is 40.6 Å². The molecule has 2 aromatic rings. The summed E-state index contributed by atoms with van der Waals surface area (Å²) in [6, 6.07) is 15.0. The average Bonchev–Trinajstić information content (AvgIpc) is 3.02. The van der Waals surface area contributed by atoms with Crippen molar-refractivity contribution < 1.29 is 19.4 Å². The molecule has 1 amide bonds. The highest BCUT2D eigenvalue weighted by molar-refractivity contribution is 5.79. The van der Waals surface area contributed by atoms with Gasteiger partial charge in [-0.25, -0.2) is 4.79 Å². The summed E-state index contributed by atoms with van der Waals surface area (Å²) < 4.78 is 5.39. The summed E-state index contributed by atoms with van der Waals surface area (Å²) in [5, 5.41) is 14.7. The number of hydrogen-bond acceptors (Lipinski definition) is 4. The Labute approximate surface area is 161 Å². The number of carboxylic acid groups (broad SMARTS) is 1. The predicted molar refractivity (Wildman–Crippen MR) is 103 cm³/mol. The molecule has 2 aromatic carbocycles. The highest BCUT2D eigenvalue weighted by atomic mass is 16.5. The van der Waals surface area contributed by atoms with Crippen LogP contribution >= 0.6 is 0 Å². The predicted octanol–water partition coefficient (Wildman–Crippen LogP) is 4.07. The van der Waals surface area contributed by atoms with Crippen LogP contribution in [0.5, 0.6) is 0 Å². The second kappa shape index (κ2) is 8.92. The molecule has 1 aliphatic rings. The standard InChI is InChI=1S/C20H20N4O4/c21-24-23-18(19(25)26)10-5-11-22-20(27)28-12-17-15-8-3-1-6-13(15)14-7-2-4-9-16(14)17/h1-4,6-9,17-18H,5,10-12H2,(H,22,27)(H,25,26)/t18-/m1/s1. The molecule has 0 saturated heterocycles. The van der Waals surface area contributed by atoms with Gasteiger partial charge in [0.1, 0.15) is 12.6 Å². The molecule has 8 nitrogen and oxygen atoms in total. The summed E-state index contributed by atoms with van der Waals surface area (Å²) in [7, 11) is 0. The zero-order valence-corrected chi connectivity index (χ0v) is 15.1. The lowest BCUT2D eigenvalue weighted by Gasteiger charge is -2.14. The van der Waals surface area contributed by atoms with Crippen molar-refractivity contribution in [3.05, 3.63) is 70.1 Å². The number of nitrogens with one attached hydrogen (secondary N) is 1. The van der Waals surface area contributed by atoms with Gasteiger partial charge in [0, 0.05) is 17.4 Å². The van der Waals surface area contributed by atoms with Crippen molar-refractivity contribution in [1.29, 1.82) is 0 Å². The first-order valence-corrected chi connectivity index (χ1v) is 8.97. The molecule has 0 aromatic heterocycles. The maximum atomic E-state index is 12.0. The zero-order chi connectivity index (χ0) is 19.9. The van der Waals surface area contributed by atoms with Crippen LogP contribution in [0, 0.1) is 0 Å². The topological polar surface area (TPSA) is 124 Å². The minimum atomic E-state index is -1.18. The van der Waals surface area contributed by atoms with E-state index < -0.39 is 18.1 Å². The number of azide groups is 1. The van der Waals surface area contributed by atoms with Crippen LogP contribution in [0.3, 0.4) is 0 Å². The van der Waals surface area contributed by atoms with E-state index in [0.29, 0.717) is 6.42 Å². The van der Waals surface area contributed by atoms with Gasteiger partial charge in [-0.15, -0.1) is 0 Å². The average molecular weight is 380 g/mol. The molecule has 0 aliphatic heterocycles. The number of nitrogens with zero attached hydrogens (tertiary/aromatic N) is 3. The highest BCUT2D eigenvalue weighted by Crippen LogP contribution is 2.44. The summed E-state index contributed by atoms with van der Waals surface area (Å²) >= 11 is 0. The Morgan fingerprint density at radius 1 is 1.14 bits per heavy atom. The van der Waals surface area contributed by atoms with Gasteiger partial charge in [-0.3, -0.25) is 4.79 Å². The van der Waals surface area contributed by atoms with E-state index >= 15 is 0 Å². The fraction of sp³-hybridized carbons (Fsp3) is 0.300. The largest absolute Gasteiger partial charge is 0.481 e. The Kier molecular flexibility index (Phi) is 6.14. The third-order valence-corrected chi connectivity index (χ3v) is 4.74. The van der Waals surface area contributed by atoms with E-state index in [1.54, 1.807) is 0 Å². The van der Waals surface area contributed by atoms with Crippen molar-refractivity contribution in [3.63, 3.8) is 0 Å². The summed E-state index contributed by atoms with van der Waals surface area (Å²) in [5.41, 5.74) is 12.9. The second-order valence-corrected chi connectivity index (χ2v) is 6.45. The minimum Gasteiger partial charge on any atom is -0.481 e. The van der Waals surface area contributed by atoms with Crippen molar-refractivity contribution in [2.75, 3.05) is 13.2 Å². The van der Waals surface area contributed by atoms with Gasteiger partial charge in [0.15, 0.2) is 0 Å². The lowest BCUT2D eigenvalue weighted by molar-refractivity contribution is -0.138. The third kappa shape index (κ3) is 4.24. The maximum Gasteiger partial charge on any atom is 0.407 e. The van der Waals surface area contributed by atoms with Crippen LogP contribution in [0.2, 0.25) is 0 Å². The molecular weight excluding hydrogens is 360 g/mol. The molecule has 0 bridgehead atoms. The fourth-order valence-corrected chi connectivity index (χ4v) is 3.43. The number of amides is 1. The molecule has 8 heteroatoms. The second-order valence-electron chi connectivity index (χ2n) is 6.45. The van der Waals surface area contributed by atoms with Gasteiger partial charge < -0.3 is 15.2 Å². The van der Waals surface area contributed by atoms with E-state index in [2.05, 4.69) is 27.5 Å². The minimum absolute atomic E-state index is 0.0143. The maximum absolute atomic E-state index is 12.0. The van der Waals surface area contributed by atoms with Gasteiger partial charge in [0.2, 0.25) is 0 Å². The zero-order valence-electron chi connectivity index (χ0n) is 15.1. The molecule has 3 rings (SSSR count). The van der Waals surface area contributed by atoms with Crippen molar-refractivity contribution in [1.82, 2.24) is 5.32 Å². The number of rotatable bonds is 8. The van der Waals surface area contributed by atoms with Crippen LogP contribution in [0.15, 0.2) is 53.6 Å². The summed E-state index contributed by atoms with van der Waals surface area (Å²) in [5.74, 6) is -1.20. The van der Waals surface area contributed by atoms with Gasteiger partial charge in [0.05, 0.1) is 0 Å². The normalized spacial score (nSPS) is 13.0. The molecule has 0 saturated carbocycles. The van der Waals surface area contributed by atoms with Crippen LogP contribution < -0.4 is 5.32 Å². The van der Waals surface area contributed by atoms with Crippen LogP contribution in [0.25, 0.3) is 21.6 Å². The molecule has 0 fully saturated rings. The van der Waals surface area contributed by atoms with Crippen molar-refractivity contribution in [3.8, 4) is 11.1 Å². The number of ether oxygens (including phenoxy) is 1. The van der Waals surface area contributed by atoms with E-state index in [4.69, 9.17) is 15.4 Å². The molecule has 2 N–H and O–H groups in total.